The predicted molar refractivity (Wildman–Crippen MR) is 139 cm³/mol. The van der Waals surface area contributed by atoms with Gasteiger partial charge in [0, 0.05) is 0 Å². The van der Waals surface area contributed by atoms with Crippen LogP contribution in [0.1, 0.15) is 27.9 Å². The number of sulfonamides is 1. The van der Waals surface area contributed by atoms with Crippen LogP contribution in [-0.4, -0.2) is 27.9 Å². The van der Waals surface area contributed by atoms with Crippen LogP contribution in [0.5, 0.6) is 0 Å². The lowest BCUT2D eigenvalue weighted by molar-refractivity contribution is 0.0695. The largest absolute Gasteiger partial charge is 0.478 e. The van der Waals surface area contributed by atoms with E-state index in [9.17, 15) is 26.7 Å². The molecule has 36 heavy (non-hydrogen) atoms. The Labute approximate surface area is 214 Å². The average molecular weight is 542 g/mol. The normalized spacial score (nSPS) is 11.8. The molecular formula is C26H23NO6S3. The molecule has 0 fully saturated rings. The zero-order valence-electron chi connectivity index (χ0n) is 19.0. The Morgan fingerprint density at radius 2 is 1.31 bits per heavy atom. The van der Waals surface area contributed by atoms with E-state index < -0.39 is 25.8 Å². The van der Waals surface area contributed by atoms with Gasteiger partial charge in [-0.3, -0.25) is 4.72 Å². The standard InChI is InChI=1S/C26H23NO6S3/c28-26(29)22-15-6-4-9-19(22)11-8-12-20-10-5-7-16-23(20)27-36(32,33)25-18-17-24(34-25)35(30,31)21-13-2-1-3-14-21/h1-7,9-10,13-18,27H,8,11-12H2,(H,28,29). The minimum atomic E-state index is -4.03. The molecule has 1 aromatic heterocycles. The minimum absolute atomic E-state index is 0.0561. The fourth-order valence-electron chi connectivity index (χ4n) is 3.76. The van der Waals surface area contributed by atoms with E-state index in [0.29, 0.717) is 41.9 Å². The molecule has 4 aromatic rings. The number of hydrogen-bond acceptors (Lipinski definition) is 6. The van der Waals surface area contributed by atoms with E-state index in [1.807, 2.05) is 0 Å². The molecular weight excluding hydrogens is 518 g/mol. The lowest BCUT2D eigenvalue weighted by Crippen LogP contribution is -2.13. The maximum Gasteiger partial charge on any atom is 0.335 e. The molecule has 0 spiro atoms. The molecule has 7 nitrogen and oxygen atoms in total. The molecule has 0 saturated heterocycles. The molecule has 0 atom stereocenters. The van der Waals surface area contributed by atoms with E-state index in [4.69, 9.17) is 0 Å². The first-order valence-corrected chi connectivity index (χ1v) is 14.8. The highest BCUT2D eigenvalue weighted by Gasteiger charge is 2.24. The number of carbonyl (C=O) groups is 1. The maximum absolute atomic E-state index is 13.1. The molecule has 0 aliphatic rings. The summed E-state index contributed by atoms with van der Waals surface area (Å²) in [7, 11) is -7.85. The van der Waals surface area contributed by atoms with E-state index in [1.54, 1.807) is 66.7 Å². The van der Waals surface area contributed by atoms with Crippen molar-refractivity contribution in [3.8, 4) is 0 Å². The van der Waals surface area contributed by atoms with Crippen molar-refractivity contribution in [2.24, 2.45) is 0 Å². The molecule has 10 heteroatoms. The van der Waals surface area contributed by atoms with Gasteiger partial charge in [0.15, 0.2) is 0 Å². The molecule has 186 valence electrons. The summed E-state index contributed by atoms with van der Waals surface area (Å²) in [5.41, 5.74) is 2.12. The van der Waals surface area contributed by atoms with Crippen molar-refractivity contribution in [1.29, 1.82) is 0 Å². The minimum Gasteiger partial charge on any atom is -0.478 e. The molecule has 0 aliphatic carbocycles. The molecule has 0 radical (unpaired) electrons. The van der Waals surface area contributed by atoms with Crippen molar-refractivity contribution in [2.75, 3.05) is 4.72 Å². The summed E-state index contributed by atoms with van der Waals surface area (Å²) < 4.78 is 54.3. The number of hydrogen-bond donors (Lipinski definition) is 2. The molecule has 0 amide bonds. The summed E-state index contributed by atoms with van der Waals surface area (Å²) in [5, 5.41) is 9.37. The number of benzene rings is 3. The molecule has 0 bridgehead atoms. The number of carboxylic acids is 1. The smallest absolute Gasteiger partial charge is 0.335 e. The van der Waals surface area contributed by atoms with Gasteiger partial charge in [0.25, 0.3) is 10.0 Å². The molecule has 0 aliphatic heterocycles. The van der Waals surface area contributed by atoms with E-state index >= 15 is 0 Å². The van der Waals surface area contributed by atoms with Crippen LogP contribution >= 0.6 is 11.3 Å². The lowest BCUT2D eigenvalue weighted by atomic mass is 9.99. The fourth-order valence-corrected chi connectivity index (χ4v) is 8.05. The molecule has 3 aromatic carbocycles. The highest BCUT2D eigenvalue weighted by atomic mass is 32.3. The Morgan fingerprint density at radius 1 is 0.722 bits per heavy atom. The summed E-state index contributed by atoms with van der Waals surface area (Å²) in [6.45, 7) is 0. The van der Waals surface area contributed by atoms with Gasteiger partial charge in [0.05, 0.1) is 16.1 Å². The topological polar surface area (TPSA) is 118 Å². The second kappa shape index (κ2) is 10.7. The third-order valence-electron chi connectivity index (χ3n) is 5.54. The van der Waals surface area contributed by atoms with Gasteiger partial charge in [-0.2, -0.15) is 0 Å². The number of para-hydroxylation sites is 1. The highest BCUT2D eigenvalue weighted by molar-refractivity contribution is 7.96. The predicted octanol–water partition coefficient (Wildman–Crippen LogP) is 5.26. The Hall–Kier alpha value is -3.47. The number of sulfone groups is 1. The van der Waals surface area contributed by atoms with Crippen LogP contribution in [-0.2, 0) is 32.7 Å². The molecule has 0 saturated carbocycles. The van der Waals surface area contributed by atoms with Crippen LogP contribution in [0.2, 0.25) is 0 Å². The van der Waals surface area contributed by atoms with E-state index in [-0.39, 0.29) is 18.9 Å². The number of nitrogens with one attached hydrogen (secondary N) is 1. The van der Waals surface area contributed by atoms with Crippen molar-refractivity contribution < 1.29 is 26.7 Å². The van der Waals surface area contributed by atoms with Crippen LogP contribution in [0.3, 0.4) is 0 Å². The number of carboxylic acid groups (broad SMARTS) is 1. The quantitative estimate of drug-likeness (QED) is 0.283. The van der Waals surface area contributed by atoms with Crippen molar-refractivity contribution in [3.05, 3.63) is 108 Å². The molecule has 4 rings (SSSR count). The summed E-state index contributed by atoms with van der Waals surface area (Å²) >= 11 is 0.692. The SMILES string of the molecule is O=C(O)c1ccccc1CCCc1ccccc1NS(=O)(=O)c1ccc(S(=O)(=O)c2ccccc2)s1. The third-order valence-corrected chi connectivity index (χ3v) is 10.7. The van der Waals surface area contributed by atoms with Gasteiger partial charge in [-0.05, 0) is 66.8 Å². The summed E-state index contributed by atoms with van der Waals surface area (Å²) in [4.78, 5) is 11.5. The second-order valence-corrected chi connectivity index (χ2v) is 13.1. The number of aryl methyl sites for hydroxylation is 2. The first kappa shape index (κ1) is 25.6. The first-order valence-electron chi connectivity index (χ1n) is 11.0. The van der Waals surface area contributed by atoms with Gasteiger partial charge < -0.3 is 5.11 Å². The van der Waals surface area contributed by atoms with Gasteiger partial charge in [-0.25, -0.2) is 21.6 Å². The summed E-state index contributed by atoms with van der Waals surface area (Å²) in [5.74, 6) is -0.983. The lowest BCUT2D eigenvalue weighted by Gasteiger charge is -2.12. The van der Waals surface area contributed by atoms with Crippen LogP contribution < -0.4 is 4.72 Å². The van der Waals surface area contributed by atoms with Crippen LogP contribution in [0.25, 0.3) is 0 Å². The average Bonchev–Trinajstić information content (AvgIpc) is 3.38. The van der Waals surface area contributed by atoms with Crippen LogP contribution in [0.4, 0.5) is 5.69 Å². The van der Waals surface area contributed by atoms with E-state index in [0.717, 1.165) is 5.56 Å². The number of aromatic carboxylic acids is 1. The van der Waals surface area contributed by atoms with Crippen molar-refractivity contribution >= 4 is 42.9 Å². The Balaban J connectivity index is 1.50. The Kier molecular flexibility index (Phi) is 7.58. The van der Waals surface area contributed by atoms with Gasteiger partial charge in [0.1, 0.15) is 8.42 Å². The zero-order chi connectivity index (χ0) is 25.8. The van der Waals surface area contributed by atoms with E-state index in [1.165, 1.54) is 24.3 Å². The second-order valence-electron chi connectivity index (χ2n) is 7.97. The van der Waals surface area contributed by atoms with Gasteiger partial charge >= 0.3 is 5.97 Å². The number of thiophene rings is 1. The Bertz CT molecular complexity index is 1590. The van der Waals surface area contributed by atoms with Crippen molar-refractivity contribution in [3.63, 3.8) is 0 Å². The van der Waals surface area contributed by atoms with Crippen LogP contribution in [0.15, 0.2) is 104 Å². The molecule has 1 heterocycles. The van der Waals surface area contributed by atoms with Crippen molar-refractivity contribution in [1.82, 2.24) is 0 Å². The Morgan fingerprint density at radius 3 is 2.03 bits per heavy atom. The monoisotopic (exact) mass is 541 g/mol. The molecule has 2 N–H and O–H groups in total. The third kappa shape index (κ3) is 5.67. The summed E-state index contributed by atoms with van der Waals surface area (Å²) in [6.07, 6.45) is 1.65. The van der Waals surface area contributed by atoms with Crippen molar-refractivity contribution in [2.45, 2.75) is 32.6 Å². The number of anilines is 1. The van der Waals surface area contributed by atoms with E-state index in [2.05, 4.69) is 4.72 Å². The van der Waals surface area contributed by atoms with Gasteiger partial charge in [-0.1, -0.05) is 54.6 Å². The molecule has 0 unspecified atom stereocenters. The first-order chi connectivity index (χ1) is 17.2. The van der Waals surface area contributed by atoms with Gasteiger partial charge in [0.2, 0.25) is 9.84 Å². The highest BCUT2D eigenvalue weighted by Crippen LogP contribution is 2.32. The summed E-state index contributed by atoms with van der Waals surface area (Å²) in [6, 6.07) is 24.2. The van der Waals surface area contributed by atoms with Gasteiger partial charge in [-0.15, -0.1) is 11.3 Å². The maximum atomic E-state index is 13.1. The zero-order valence-corrected chi connectivity index (χ0v) is 21.4. The fraction of sp³-hybridized carbons (Fsp3) is 0.115. The van der Waals surface area contributed by atoms with Crippen LogP contribution in [0, 0.1) is 0 Å². The number of rotatable bonds is 10.